The molecule has 0 atom stereocenters. The Bertz CT molecular complexity index is 179. The highest BCUT2D eigenvalue weighted by molar-refractivity contribution is 4.94. The lowest BCUT2D eigenvalue weighted by molar-refractivity contribution is 0.0245. The summed E-state index contributed by atoms with van der Waals surface area (Å²) in [5, 5.41) is 0. The first-order valence-electron chi connectivity index (χ1n) is 5.37. The second kappa shape index (κ2) is 6.42. The average molecular weight is 234 g/mol. The minimum Gasteiger partial charge on any atom is -0.330 e. The Hall–Kier alpha value is -0.320. The molecule has 0 aliphatic rings. The van der Waals surface area contributed by atoms with E-state index in [1.54, 1.807) is 4.90 Å². The second-order valence-electron chi connectivity index (χ2n) is 4.03. The van der Waals surface area contributed by atoms with Crippen LogP contribution in [0.1, 0.15) is 12.8 Å². The van der Waals surface area contributed by atoms with Crippen LogP contribution in [0.25, 0.3) is 0 Å². The molecule has 0 fully saturated rings. The smallest absolute Gasteiger partial charge is 0.167 e. The minimum atomic E-state index is -1.68. The molecule has 0 aliphatic heterocycles. The van der Waals surface area contributed by atoms with Gasteiger partial charge in [-0.05, 0) is 25.9 Å². The van der Waals surface area contributed by atoms with Crippen LogP contribution in [0.3, 0.4) is 0 Å². The van der Waals surface area contributed by atoms with Crippen molar-refractivity contribution in [2.24, 2.45) is 40.1 Å². The van der Waals surface area contributed by atoms with Gasteiger partial charge in [-0.2, -0.15) is 0 Å². The third kappa shape index (κ3) is 4.28. The molecular formula is C8H26N8. The molecule has 0 saturated carbocycles. The topological polar surface area (TPSA) is 185 Å². The van der Waals surface area contributed by atoms with Crippen LogP contribution in [-0.4, -0.2) is 42.7 Å². The van der Waals surface area contributed by atoms with Crippen molar-refractivity contribution in [2.75, 3.05) is 26.2 Å². The summed E-state index contributed by atoms with van der Waals surface area (Å²) in [5.41, 5.74) is 39.3. The summed E-state index contributed by atoms with van der Waals surface area (Å²) in [4.78, 5) is 1.72. The van der Waals surface area contributed by atoms with Crippen molar-refractivity contribution in [1.82, 2.24) is 4.90 Å². The van der Waals surface area contributed by atoms with Gasteiger partial charge in [-0.3, -0.25) is 33.6 Å². The molecule has 14 N–H and O–H groups in total. The van der Waals surface area contributed by atoms with Gasteiger partial charge in [-0.25, -0.2) is 0 Å². The number of hydrogen-bond donors (Lipinski definition) is 7. The fourth-order valence-electron chi connectivity index (χ4n) is 1.32. The molecular weight excluding hydrogens is 208 g/mol. The molecule has 0 aliphatic carbocycles. The summed E-state index contributed by atoms with van der Waals surface area (Å²) in [6.45, 7) is 2.22. The molecule has 0 radical (unpaired) electrons. The molecule has 8 heteroatoms. The molecule has 0 saturated heterocycles. The summed E-state index contributed by atoms with van der Waals surface area (Å²) in [6, 6.07) is 0. The van der Waals surface area contributed by atoms with Gasteiger partial charge in [0.1, 0.15) is 0 Å². The van der Waals surface area contributed by atoms with E-state index in [9.17, 15) is 0 Å². The van der Waals surface area contributed by atoms with Gasteiger partial charge in [-0.15, -0.1) is 0 Å². The average Bonchev–Trinajstić information content (AvgIpc) is 2.16. The van der Waals surface area contributed by atoms with Crippen molar-refractivity contribution in [3.8, 4) is 0 Å². The molecule has 8 nitrogen and oxygen atoms in total. The highest BCUT2D eigenvalue weighted by Gasteiger charge is 2.41. The van der Waals surface area contributed by atoms with E-state index < -0.39 is 11.6 Å². The summed E-state index contributed by atoms with van der Waals surface area (Å²) >= 11 is 0. The van der Waals surface area contributed by atoms with Crippen molar-refractivity contribution in [2.45, 2.75) is 24.4 Å². The Balaban J connectivity index is 4.58. The lowest BCUT2D eigenvalue weighted by atomic mass is 10.1. The van der Waals surface area contributed by atoms with Crippen molar-refractivity contribution in [3.63, 3.8) is 0 Å². The maximum atomic E-state index is 5.87. The van der Waals surface area contributed by atoms with Gasteiger partial charge < -0.3 is 11.5 Å². The summed E-state index contributed by atoms with van der Waals surface area (Å²) in [5.74, 6) is -3.17. The zero-order valence-electron chi connectivity index (χ0n) is 9.73. The van der Waals surface area contributed by atoms with Gasteiger partial charge in [0.25, 0.3) is 0 Å². The molecule has 0 rings (SSSR count). The van der Waals surface area contributed by atoms with Crippen LogP contribution in [0.15, 0.2) is 0 Å². The maximum absolute atomic E-state index is 5.87. The van der Waals surface area contributed by atoms with Gasteiger partial charge in [0.2, 0.25) is 0 Å². The van der Waals surface area contributed by atoms with Crippen molar-refractivity contribution in [1.29, 1.82) is 0 Å². The first kappa shape index (κ1) is 15.7. The lowest BCUT2D eigenvalue weighted by Gasteiger charge is -2.45. The zero-order valence-corrected chi connectivity index (χ0v) is 9.73. The summed E-state index contributed by atoms with van der Waals surface area (Å²) in [7, 11) is 0. The summed E-state index contributed by atoms with van der Waals surface area (Å²) in [6.07, 6.45) is 1.47. The quantitative estimate of drug-likeness (QED) is 0.207. The van der Waals surface area contributed by atoms with Crippen molar-refractivity contribution < 1.29 is 0 Å². The van der Waals surface area contributed by atoms with E-state index in [4.69, 9.17) is 40.1 Å². The van der Waals surface area contributed by atoms with Crippen LogP contribution in [0.4, 0.5) is 0 Å². The number of hydrogen-bond acceptors (Lipinski definition) is 8. The molecule has 0 aromatic rings. The normalized spacial score (nSPS) is 13.5. The van der Waals surface area contributed by atoms with Crippen molar-refractivity contribution in [3.05, 3.63) is 0 Å². The molecule has 0 aromatic carbocycles. The van der Waals surface area contributed by atoms with E-state index in [1.165, 1.54) is 0 Å². The Labute approximate surface area is 96.4 Å². The molecule has 0 heterocycles. The number of nitrogens with zero attached hydrogens (tertiary/aromatic N) is 1. The highest BCUT2D eigenvalue weighted by Crippen LogP contribution is 2.09. The third-order valence-electron chi connectivity index (χ3n) is 2.48. The standard InChI is InChI=1S/C8H26N8/c9-3-1-5-16(6-2-4-10)8(14,15)7(11,12)13/h1-6,9-15H2. The fraction of sp³-hybridized carbons (Fsp3) is 1.00. The molecule has 16 heavy (non-hydrogen) atoms. The van der Waals surface area contributed by atoms with E-state index in [2.05, 4.69) is 0 Å². The Morgan fingerprint density at radius 1 is 0.750 bits per heavy atom. The Kier molecular flexibility index (Phi) is 6.30. The molecule has 0 spiro atoms. The third-order valence-corrected chi connectivity index (χ3v) is 2.48. The largest absolute Gasteiger partial charge is 0.330 e. The Morgan fingerprint density at radius 3 is 1.38 bits per heavy atom. The van der Waals surface area contributed by atoms with Crippen LogP contribution in [0, 0.1) is 0 Å². The predicted octanol–water partition coefficient (Wildman–Crippen LogP) is -3.91. The van der Waals surface area contributed by atoms with Gasteiger partial charge >= 0.3 is 0 Å². The first-order chi connectivity index (χ1) is 7.27. The number of rotatable bonds is 8. The van der Waals surface area contributed by atoms with E-state index >= 15 is 0 Å². The molecule has 0 amide bonds. The fourth-order valence-corrected chi connectivity index (χ4v) is 1.32. The molecule has 0 aromatic heterocycles. The van der Waals surface area contributed by atoms with Gasteiger partial charge in [0.15, 0.2) is 11.6 Å². The molecule has 98 valence electrons. The van der Waals surface area contributed by atoms with E-state index in [0.717, 1.165) is 12.8 Å². The van der Waals surface area contributed by atoms with Gasteiger partial charge in [0, 0.05) is 13.1 Å². The predicted molar refractivity (Wildman–Crippen MR) is 65.3 cm³/mol. The minimum absolute atomic E-state index is 0.530. The maximum Gasteiger partial charge on any atom is 0.167 e. The molecule has 0 unspecified atom stereocenters. The van der Waals surface area contributed by atoms with E-state index in [0.29, 0.717) is 26.2 Å². The zero-order chi connectivity index (χ0) is 12.8. The van der Waals surface area contributed by atoms with Crippen LogP contribution in [-0.2, 0) is 0 Å². The summed E-state index contributed by atoms with van der Waals surface area (Å²) < 4.78 is 0. The first-order valence-corrected chi connectivity index (χ1v) is 5.37. The highest BCUT2D eigenvalue weighted by atomic mass is 15.4. The van der Waals surface area contributed by atoms with Crippen LogP contribution < -0.4 is 40.1 Å². The number of nitrogens with two attached hydrogens (primary N) is 7. The van der Waals surface area contributed by atoms with Crippen LogP contribution >= 0.6 is 0 Å². The van der Waals surface area contributed by atoms with Crippen LogP contribution in [0.5, 0.6) is 0 Å². The van der Waals surface area contributed by atoms with Crippen LogP contribution in [0.2, 0.25) is 0 Å². The SMILES string of the molecule is NCCCN(CCCN)C(N)(N)C(N)(N)N. The Morgan fingerprint density at radius 2 is 1.12 bits per heavy atom. The monoisotopic (exact) mass is 234 g/mol. The van der Waals surface area contributed by atoms with E-state index in [1.807, 2.05) is 0 Å². The second-order valence-corrected chi connectivity index (χ2v) is 4.03. The van der Waals surface area contributed by atoms with Gasteiger partial charge in [-0.1, -0.05) is 0 Å². The van der Waals surface area contributed by atoms with Gasteiger partial charge in [0.05, 0.1) is 0 Å². The molecule has 0 bridgehead atoms. The lowest BCUT2D eigenvalue weighted by Crippen LogP contribution is -2.86. The van der Waals surface area contributed by atoms with Crippen molar-refractivity contribution >= 4 is 0 Å². The van der Waals surface area contributed by atoms with E-state index in [-0.39, 0.29) is 0 Å².